The summed E-state index contributed by atoms with van der Waals surface area (Å²) < 4.78 is 22.6. The molecule has 0 radical (unpaired) electrons. The summed E-state index contributed by atoms with van der Waals surface area (Å²) in [6.45, 7) is 3.71. The fourth-order valence-electron chi connectivity index (χ4n) is 1.65. The summed E-state index contributed by atoms with van der Waals surface area (Å²) in [5.41, 5.74) is 8.30. The van der Waals surface area contributed by atoms with Gasteiger partial charge < -0.3 is 5.73 Å². The first kappa shape index (κ1) is 14.2. The Balaban J connectivity index is 2.45. The van der Waals surface area contributed by atoms with Gasteiger partial charge in [0, 0.05) is 11.8 Å². The van der Waals surface area contributed by atoms with Crippen LogP contribution in [-0.2, 0) is 9.84 Å². The molecule has 0 saturated heterocycles. The van der Waals surface area contributed by atoms with Crippen LogP contribution < -0.4 is 5.73 Å². The molecule has 0 heterocycles. The van der Waals surface area contributed by atoms with E-state index in [1.165, 1.54) is 5.56 Å². The summed E-state index contributed by atoms with van der Waals surface area (Å²) in [5, 5.41) is 0. The van der Waals surface area contributed by atoms with E-state index in [-0.39, 0.29) is 17.5 Å². The first-order valence-electron chi connectivity index (χ1n) is 5.97. The Labute approximate surface area is 104 Å². The summed E-state index contributed by atoms with van der Waals surface area (Å²) >= 11 is 0. The Morgan fingerprint density at radius 2 is 1.82 bits per heavy atom. The molecule has 0 fully saturated rings. The fraction of sp³-hybridized carbons (Fsp3) is 0.538. The molecule has 1 aromatic rings. The van der Waals surface area contributed by atoms with Gasteiger partial charge in [0.05, 0.1) is 5.75 Å². The maximum Gasteiger partial charge on any atom is 0.150 e. The standard InChI is InChI=1S/C13H21NO2S/c1-3-17(15,16)10-4-5-13(14)12-8-6-11(2)7-9-12/h6-9,13H,3-5,10,14H2,1-2H3. The van der Waals surface area contributed by atoms with Gasteiger partial charge in [0.15, 0.2) is 0 Å². The summed E-state index contributed by atoms with van der Waals surface area (Å²) in [6, 6.07) is 8.00. The van der Waals surface area contributed by atoms with E-state index in [0.29, 0.717) is 12.8 Å². The first-order chi connectivity index (χ1) is 7.94. The summed E-state index contributed by atoms with van der Waals surface area (Å²) in [7, 11) is -2.86. The Kier molecular flexibility index (Phi) is 5.15. The van der Waals surface area contributed by atoms with E-state index < -0.39 is 9.84 Å². The smallest absolute Gasteiger partial charge is 0.150 e. The lowest BCUT2D eigenvalue weighted by molar-refractivity contribution is 0.584. The van der Waals surface area contributed by atoms with Crippen molar-refractivity contribution in [3.63, 3.8) is 0 Å². The van der Waals surface area contributed by atoms with Crippen LogP contribution in [0.3, 0.4) is 0 Å². The van der Waals surface area contributed by atoms with Gasteiger partial charge in [-0.15, -0.1) is 0 Å². The molecule has 2 N–H and O–H groups in total. The van der Waals surface area contributed by atoms with Gasteiger partial charge in [-0.25, -0.2) is 8.42 Å². The highest BCUT2D eigenvalue weighted by Crippen LogP contribution is 2.16. The SMILES string of the molecule is CCS(=O)(=O)CCCC(N)c1ccc(C)cc1. The number of rotatable bonds is 6. The molecule has 96 valence electrons. The molecule has 0 aliphatic rings. The van der Waals surface area contributed by atoms with E-state index in [0.717, 1.165) is 5.56 Å². The van der Waals surface area contributed by atoms with Crippen molar-refractivity contribution < 1.29 is 8.42 Å². The molecule has 0 bridgehead atoms. The van der Waals surface area contributed by atoms with Gasteiger partial charge in [-0.1, -0.05) is 36.8 Å². The molecule has 1 unspecified atom stereocenters. The number of aryl methyl sites for hydroxylation is 1. The van der Waals surface area contributed by atoms with Crippen LogP contribution in [0.25, 0.3) is 0 Å². The van der Waals surface area contributed by atoms with E-state index in [2.05, 4.69) is 0 Å². The molecular weight excluding hydrogens is 234 g/mol. The van der Waals surface area contributed by atoms with Crippen LogP contribution in [0.1, 0.15) is 36.9 Å². The highest BCUT2D eigenvalue weighted by Gasteiger charge is 2.10. The molecule has 1 atom stereocenters. The third kappa shape index (κ3) is 4.88. The van der Waals surface area contributed by atoms with Gasteiger partial charge >= 0.3 is 0 Å². The quantitative estimate of drug-likeness (QED) is 0.847. The van der Waals surface area contributed by atoms with Crippen LogP contribution in [-0.4, -0.2) is 19.9 Å². The molecule has 4 heteroatoms. The van der Waals surface area contributed by atoms with E-state index in [4.69, 9.17) is 5.73 Å². The maximum absolute atomic E-state index is 11.3. The van der Waals surface area contributed by atoms with Crippen LogP contribution in [0, 0.1) is 6.92 Å². The minimum atomic E-state index is -2.86. The zero-order valence-electron chi connectivity index (χ0n) is 10.5. The maximum atomic E-state index is 11.3. The van der Waals surface area contributed by atoms with E-state index in [1.807, 2.05) is 31.2 Å². The number of benzene rings is 1. The van der Waals surface area contributed by atoms with Gasteiger partial charge in [-0.05, 0) is 25.3 Å². The van der Waals surface area contributed by atoms with Gasteiger partial charge in [-0.3, -0.25) is 0 Å². The van der Waals surface area contributed by atoms with Gasteiger partial charge in [0.1, 0.15) is 9.84 Å². The van der Waals surface area contributed by atoms with Crippen molar-refractivity contribution in [2.75, 3.05) is 11.5 Å². The van der Waals surface area contributed by atoms with Crippen molar-refractivity contribution in [3.05, 3.63) is 35.4 Å². The third-order valence-corrected chi connectivity index (χ3v) is 4.71. The second-order valence-electron chi connectivity index (χ2n) is 4.40. The molecule has 0 aromatic heterocycles. The number of hydrogen-bond acceptors (Lipinski definition) is 3. The second kappa shape index (κ2) is 6.17. The predicted octanol–water partition coefficient (Wildman–Crippen LogP) is 2.21. The summed E-state index contributed by atoms with van der Waals surface area (Å²) in [4.78, 5) is 0. The lowest BCUT2D eigenvalue weighted by Crippen LogP contribution is -2.14. The Morgan fingerprint density at radius 3 is 2.35 bits per heavy atom. The Bertz CT molecular complexity index is 437. The van der Waals surface area contributed by atoms with Crippen molar-refractivity contribution in [2.45, 2.75) is 32.7 Å². The zero-order chi connectivity index (χ0) is 12.9. The zero-order valence-corrected chi connectivity index (χ0v) is 11.3. The van der Waals surface area contributed by atoms with Crippen molar-refractivity contribution in [1.29, 1.82) is 0 Å². The van der Waals surface area contributed by atoms with Gasteiger partial charge in [-0.2, -0.15) is 0 Å². The van der Waals surface area contributed by atoms with Crippen molar-refractivity contribution >= 4 is 9.84 Å². The fourth-order valence-corrected chi connectivity index (χ4v) is 2.54. The molecule has 0 spiro atoms. The van der Waals surface area contributed by atoms with Crippen LogP contribution >= 0.6 is 0 Å². The molecule has 0 aliphatic heterocycles. The Hall–Kier alpha value is -0.870. The normalized spacial score (nSPS) is 13.6. The molecular formula is C13H21NO2S. The van der Waals surface area contributed by atoms with Crippen LogP contribution in [0.5, 0.6) is 0 Å². The topological polar surface area (TPSA) is 60.2 Å². The minimum Gasteiger partial charge on any atom is -0.324 e. The van der Waals surface area contributed by atoms with E-state index >= 15 is 0 Å². The number of sulfone groups is 1. The second-order valence-corrected chi connectivity index (χ2v) is 6.87. The minimum absolute atomic E-state index is 0.0670. The van der Waals surface area contributed by atoms with Crippen molar-refractivity contribution in [2.24, 2.45) is 5.73 Å². The summed E-state index contributed by atoms with van der Waals surface area (Å²) in [5.74, 6) is 0.454. The summed E-state index contributed by atoms with van der Waals surface area (Å²) in [6.07, 6.45) is 1.34. The average molecular weight is 255 g/mol. The highest BCUT2D eigenvalue weighted by atomic mass is 32.2. The molecule has 0 saturated carbocycles. The third-order valence-electron chi connectivity index (χ3n) is 2.92. The molecule has 1 rings (SSSR count). The van der Waals surface area contributed by atoms with Gasteiger partial charge in [0.2, 0.25) is 0 Å². The Morgan fingerprint density at radius 1 is 1.24 bits per heavy atom. The average Bonchev–Trinajstić information content (AvgIpc) is 2.29. The molecule has 0 aliphatic carbocycles. The van der Waals surface area contributed by atoms with Crippen molar-refractivity contribution in [1.82, 2.24) is 0 Å². The van der Waals surface area contributed by atoms with E-state index in [9.17, 15) is 8.42 Å². The number of hydrogen-bond donors (Lipinski definition) is 1. The number of nitrogens with two attached hydrogens (primary N) is 1. The van der Waals surface area contributed by atoms with Crippen molar-refractivity contribution in [3.8, 4) is 0 Å². The molecule has 1 aromatic carbocycles. The first-order valence-corrected chi connectivity index (χ1v) is 7.79. The van der Waals surface area contributed by atoms with Crippen LogP contribution in [0.4, 0.5) is 0 Å². The molecule has 17 heavy (non-hydrogen) atoms. The molecule has 0 amide bonds. The van der Waals surface area contributed by atoms with Crippen LogP contribution in [0.2, 0.25) is 0 Å². The predicted molar refractivity (Wildman–Crippen MR) is 71.7 cm³/mol. The molecule has 3 nitrogen and oxygen atoms in total. The lowest BCUT2D eigenvalue weighted by Gasteiger charge is -2.12. The van der Waals surface area contributed by atoms with Crippen LogP contribution in [0.15, 0.2) is 24.3 Å². The highest BCUT2D eigenvalue weighted by molar-refractivity contribution is 7.91. The van der Waals surface area contributed by atoms with Gasteiger partial charge in [0.25, 0.3) is 0 Å². The lowest BCUT2D eigenvalue weighted by atomic mass is 10.0. The largest absolute Gasteiger partial charge is 0.324 e. The monoisotopic (exact) mass is 255 g/mol. The van der Waals surface area contributed by atoms with E-state index in [1.54, 1.807) is 6.92 Å².